The van der Waals surface area contributed by atoms with Crippen LogP contribution in [-0.4, -0.2) is 33.6 Å². The summed E-state index contributed by atoms with van der Waals surface area (Å²) in [4.78, 5) is 27.2. The lowest BCUT2D eigenvalue weighted by Gasteiger charge is -2.21. The molecular weight excluding hydrogens is 619 g/mol. The number of aromatic amines is 4. The topological polar surface area (TPSA) is 116 Å². The predicted molar refractivity (Wildman–Crippen MR) is 166 cm³/mol. The van der Waals surface area contributed by atoms with Gasteiger partial charge in [-0.05, 0) is 79.1 Å². The number of ether oxygens (including phenoxy) is 2. The van der Waals surface area contributed by atoms with Gasteiger partial charge < -0.3 is 9.47 Å². The van der Waals surface area contributed by atoms with Gasteiger partial charge in [-0.3, -0.25) is 30.0 Å². The quantitative estimate of drug-likeness (QED) is 0.141. The first kappa shape index (κ1) is 27.6. The molecule has 0 saturated heterocycles. The fourth-order valence-electron chi connectivity index (χ4n) is 4.96. The maximum absolute atomic E-state index is 13.6. The van der Waals surface area contributed by atoms with Gasteiger partial charge in [0.05, 0.1) is 39.3 Å². The predicted octanol–water partition coefficient (Wildman–Crippen LogP) is 6.25. The monoisotopic (exact) mass is 650 g/mol. The highest BCUT2D eigenvalue weighted by molar-refractivity contribution is 14.1. The summed E-state index contributed by atoms with van der Waals surface area (Å²) in [6.45, 7) is 8.76. The normalized spacial score (nSPS) is 11.2. The zero-order valence-corrected chi connectivity index (χ0v) is 24.9. The average molecular weight is 651 g/mol. The van der Waals surface area contributed by atoms with Crippen LogP contribution in [0.25, 0.3) is 22.5 Å². The van der Waals surface area contributed by atoms with Gasteiger partial charge in [0.25, 0.3) is 11.1 Å². The molecule has 0 atom stereocenters. The van der Waals surface area contributed by atoms with E-state index in [1.54, 1.807) is 0 Å². The first-order valence-corrected chi connectivity index (χ1v) is 14.2. The zero-order chi connectivity index (χ0) is 28.4. The van der Waals surface area contributed by atoms with Crippen LogP contribution in [0, 0.1) is 17.4 Å². The number of halogens is 1. The van der Waals surface area contributed by atoms with Gasteiger partial charge in [0.15, 0.2) is 11.5 Å². The van der Waals surface area contributed by atoms with Crippen molar-refractivity contribution in [2.24, 2.45) is 0 Å². The van der Waals surface area contributed by atoms with Crippen LogP contribution < -0.4 is 20.6 Å². The molecule has 5 rings (SSSR count). The minimum Gasteiger partial charge on any atom is -0.490 e. The van der Waals surface area contributed by atoms with E-state index in [1.165, 1.54) is 0 Å². The van der Waals surface area contributed by atoms with Gasteiger partial charge in [-0.2, -0.15) is 0 Å². The van der Waals surface area contributed by atoms with Gasteiger partial charge in [0.2, 0.25) is 0 Å². The third-order valence-corrected chi connectivity index (χ3v) is 7.64. The molecule has 0 amide bonds. The van der Waals surface area contributed by atoms with E-state index in [1.807, 2.05) is 88.4 Å². The number of rotatable bonds is 9. The second kappa shape index (κ2) is 11.6. The summed E-state index contributed by atoms with van der Waals surface area (Å²) in [6.07, 6.45) is 0. The van der Waals surface area contributed by atoms with Crippen LogP contribution in [0.1, 0.15) is 47.6 Å². The summed E-state index contributed by atoms with van der Waals surface area (Å²) in [5.41, 5.74) is 6.09. The summed E-state index contributed by atoms with van der Waals surface area (Å²) in [5, 5.41) is 11.7. The van der Waals surface area contributed by atoms with Gasteiger partial charge >= 0.3 is 0 Å². The van der Waals surface area contributed by atoms with Crippen molar-refractivity contribution in [3.8, 4) is 34.0 Å². The largest absolute Gasteiger partial charge is 0.490 e. The molecule has 0 fully saturated rings. The molecule has 40 heavy (non-hydrogen) atoms. The highest BCUT2D eigenvalue weighted by Crippen LogP contribution is 2.42. The number of nitrogens with one attached hydrogen (secondary N) is 4. The van der Waals surface area contributed by atoms with Gasteiger partial charge in [-0.1, -0.05) is 59.7 Å². The molecule has 2 aromatic heterocycles. The Hall–Kier alpha value is -3.99. The summed E-state index contributed by atoms with van der Waals surface area (Å²) in [5.74, 6) is 0.459. The summed E-state index contributed by atoms with van der Waals surface area (Å²) < 4.78 is 12.7. The van der Waals surface area contributed by atoms with E-state index in [4.69, 9.17) is 9.47 Å². The fraction of sp³-hybridized carbons (Fsp3) is 0.226. The molecule has 206 valence electrons. The Morgan fingerprint density at radius 2 is 1.18 bits per heavy atom. The Kier molecular flexibility index (Phi) is 8.02. The first-order chi connectivity index (χ1) is 19.3. The van der Waals surface area contributed by atoms with E-state index >= 15 is 0 Å². The summed E-state index contributed by atoms with van der Waals surface area (Å²) in [7, 11) is 0. The number of H-pyrrole nitrogens is 4. The standard InChI is InChI=1S/C31H31IN4O4/c1-5-39-23-16-21(15-22(32)29(23)40-6-2)24(25-27(33-35-30(25)37)19-11-7-17(3)8-12-19)26-28(34-36-31(26)38)20-13-9-18(4)10-14-20/h7-16,24H,5-6H2,1-4H3,(H2,33,35,37)(H2,34,36,38). The third kappa shape index (κ3) is 5.25. The molecule has 0 aliphatic heterocycles. The molecule has 0 bridgehead atoms. The van der Waals surface area contributed by atoms with Crippen LogP contribution >= 0.6 is 22.6 Å². The van der Waals surface area contributed by atoms with Crippen molar-refractivity contribution in [3.63, 3.8) is 0 Å². The summed E-state index contributed by atoms with van der Waals surface area (Å²) >= 11 is 2.22. The fourth-order valence-corrected chi connectivity index (χ4v) is 5.74. The highest BCUT2D eigenvalue weighted by Gasteiger charge is 2.32. The molecule has 0 spiro atoms. The molecule has 5 aromatic rings. The lowest BCUT2D eigenvalue weighted by molar-refractivity contribution is 0.285. The molecule has 8 nitrogen and oxygen atoms in total. The van der Waals surface area contributed by atoms with Crippen molar-refractivity contribution in [2.45, 2.75) is 33.6 Å². The third-order valence-electron chi connectivity index (χ3n) is 6.84. The van der Waals surface area contributed by atoms with Gasteiger partial charge in [-0.25, -0.2) is 0 Å². The molecule has 0 saturated carbocycles. The molecule has 9 heteroatoms. The Labute approximate surface area is 245 Å². The van der Waals surface area contributed by atoms with Gasteiger partial charge in [0.1, 0.15) is 0 Å². The van der Waals surface area contributed by atoms with Crippen molar-refractivity contribution in [2.75, 3.05) is 13.2 Å². The number of hydrogen-bond donors (Lipinski definition) is 4. The van der Waals surface area contributed by atoms with Crippen LogP contribution in [0.5, 0.6) is 11.5 Å². The Morgan fingerprint density at radius 3 is 1.62 bits per heavy atom. The van der Waals surface area contributed by atoms with Gasteiger partial charge in [0, 0.05) is 5.92 Å². The second-order valence-corrected chi connectivity index (χ2v) is 10.8. The van der Waals surface area contributed by atoms with Crippen molar-refractivity contribution >= 4 is 22.6 Å². The van der Waals surface area contributed by atoms with E-state index in [9.17, 15) is 9.59 Å². The van der Waals surface area contributed by atoms with Crippen molar-refractivity contribution < 1.29 is 9.47 Å². The smallest absolute Gasteiger partial charge is 0.268 e. The van der Waals surface area contributed by atoms with Crippen LogP contribution in [0.15, 0.2) is 70.3 Å². The van der Waals surface area contributed by atoms with E-state index in [-0.39, 0.29) is 11.1 Å². The van der Waals surface area contributed by atoms with Crippen LogP contribution in [-0.2, 0) is 0 Å². The molecule has 3 aromatic carbocycles. The molecule has 0 aliphatic carbocycles. The van der Waals surface area contributed by atoms with E-state index in [0.29, 0.717) is 47.2 Å². The molecule has 4 N–H and O–H groups in total. The lowest BCUT2D eigenvalue weighted by Crippen LogP contribution is -2.20. The molecule has 0 unspecified atom stereocenters. The van der Waals surface area contributed by atoms with Crippen LogP contribution in [0.4, 0.5) is 0 Å². The molecular formula is C31H31IN4O4. The maximum atomic E-state index is 13.6. The van der Waals surface area contributed by atoms with Gasteiger partial charge in [-0.15, -0.1) is 0 Å². The van der Waals surface area contributed by atoms with Crippen molar-refractivity contribution in [3.05, 3.63) is 113 Å². The maximum Gasteiger partial charge on any atom is 0.268 e. The minimum absolute atomic E-state index is 0.308. The van der Waals surface area contributed by atoms with E-state index < -0.39 is 5.92 Å². The molecule has 2 heterocycles. The van der Waals surface area contributed by atoms with Crippen LogP contribution in [0.3, 0.4) is 0 Å². The Bertz CT molecular complexity index is 1650. The zero-order valence-electron chi connectivity index (χ0n) is 22.8. The molecule has 0 aliphatic rings. The summed E-state index contributed by atoms with van der Waals surface area (Å²) in [6, 6.07) is 19.7. The first-order valence-electron chi connectivity index (χ1n) is 13.2. The highest BCUT2D eigenvalue weighted by atomic mass is 127. The number of benzene rings is 3. The van der Waals surface area contributed by atoms with E-state index in [0.717, 1.165) is 31.4 Å². The van der Waals surface area contributed by atoms with E-state index in [2.05, 4.69) is 43.0 Å². The molecule has 0 radical (unpaired) electrons. The van der Waals surface area contributed by atoms with Crippen LogP contribution in [0.2, 0.25) is 0 Å². The number of aromatic nitrogens is 4. The Morgan fingerprint density at radius 1 is 0.700 bits per heavy atom. The lowest BCUT2D eigenvalue weighted by atomic mass is 9.83. The number of hydrogen-bond acceptors (Lipinski definition) is 4. The van der Waals surface area contributed by atoms with Crippen molar-refractivity contribution in [1.29, 1.82) is 0 Å². The number of aryl methyl sites for hydroxylation is 2. The Balaban J connectivity index is 1.83. The SMILES string of the molecule is CCOc1cc(C(c2c(-c3ccc(C)cc3)[nH][nH]c2=O)c2c(-c3ccc(C)cc3)[nH][nH]c2=O)cc(I)c1OCC. The van der Waals surface area contributed by atoms with Crippen molar-refractivity contribution in [1.82, 2.24) is 20.4 Å². The average Bonchev–Trinajstić information content (AvgIpc) is 3.50. The minimum atomic E-state index is -0.735. The second-order valence-electron chi connectivity index (χ2n) is 9.60.